The van der Waals surface area contributed by atoms with Crippen LogP contribution >= 0.6 is 24.0 Å². The number of nitro benzene ring substituents is 1. The van der Waals surface area contributed by atoms with Crippen molar-refractivity contribution < 1.29 is 9.66 Å². The van der Waals surface area contributed by atoms with Crippen LogP contribution in [-0.2, 0) is 0 Å². The van der Waals surface area contributed by atoms with Gasteiger partial charge in [0.25, 0.3) is 5.69 Å². The molecule has 0 aliphatic carbocycles. The summed E-state index contributed by atoms with van der Waals surface area (Å²) in [5, 5.41) is 15.2. The number of pyridine rings is 1. The molecule has 216 valence electrons. The number of hydrogen-bond donors (Lipinski definition) is 1. The Balaban J connectivity index is 1.36. The molecule has 1 aliphatic rings. The van der Waals surface area contributed by atoms with Crippen molar-refractivity contribution in [3.05, 3.63) is 136 Å². The number of hydrogen-bond acceptors (Lipinski definition) is 6. The van der Waals surface area contributed by atoms with Gasteiger partial charge in [0.15, 0.2) is 5.11 Å². The van der Waals surface area contributed by atoms with Crippen LogP contribution in [0.15, 0.2) is 113 Å². The third kappa shape index (κ3) is 5.59. The van der Waals surface area contributed by atoms with E-state index in [0.29, 0.717) is 5.11 Å². The maximum absolute atomic E-state index is 11.0. The number of nitrogens with zero attached hydrogens (tertiary/aromatic N) is 4. The third-order valence-electron chi connectivity index (χ3n) is 7.62. The Kier molecular flexibility index (Phi) is 7.88. The van der Waals surface area contributed by atoms with Gasteiger partial charge in [0, 0.05) is 50.9 Å². The number of benzene rings is 3. The van der Waals surface area contributed by atoms with Gasteiger partial charge in [0.2, 0.25) is 0 Å². The van der Waals surface area contributed by atoms with Crippen LogP contribution < -0.4 is 15.0 Å². The molecule has 0 radical (unpaired) electrons. The molecule has 3 aromatic carbocycles. The average Bonchev–Trinajstić information content (AvgIpc) is 3.52. The summed E-state index contributed by atoms with van der Waals surface area (Å²) in [5.74, 6) is 0.813. The summed E-state index contributed by atoms with van der Waals surface area (Å²) in [7, 11) is 1.67. The van der Waals surface area contributed by atoms with E-state index in [1.807, 2.05) is 36.5 Å². The molecule has 0 saturated carbocycles. The molecule has 1 fully saturated rings. The predicted octanol–water partition coefficient (Wildman–Crippen LogP) is 7.73. The molecule has 5 aromatic rings. The lowest BCUT2D eigenvalue weighted by Crippen LogP contribution is -2.29. The Hall–Kier alpha value is -4.67. The van der Waals surface area contributed by atoms with Gasteiger partial charge in [-0.05, 0) is 110 Å². The fraction of sp³-hybridized carbons (Fsp3) is 0.152. The maximum Gasteiger partial charge on any atom is 0.269 e. The van der Waals surface area contributed by atoms with E-state index in [1.165, 1.54) is 12.1 Å². The van der Waals surface area contributed by atoms with Gasteiger partial charge in [0.05, 0.1) is 29.8 Å². The monoisotopic (exact) mass is 607 g/mol. The first-order valence-corrected chi connectivity index (χ1v) is 14.9. The quantitative estimate of drug-likeness (QED) is 0.109. The third-order valence-corrected chi connectivity index (χ3v) is 8.95. The Labute approximate surface area is 259 Å². The van der Waals surface area contributed by atoms with Crippen LogP contribution in [0.2, 0.25) is 0 Å². The fourth-order valence-corrected chi connectivity index (χ4v) is 6.77. The van der Waals surface area contributed by atoms with Gasteiger partial charge < -0.3 is 19.5 Å². The molecule has 6 rings (SSSR count). The molecule has 3 heterocycles. The van der Waals surface area contributed by atoms with E-state index in [1.54, 1.807) is 31.0 Å². The van der Waals surface area contributed by atoms with Crippen molar-refractivity contribution in [2.24, 2.45) is 0 Å². The molecule has 1 aliphatic heterocycles. The van der Waals surface area contributed by atoms with Crippen LogP contribution in [0.4, 0.5) is 11.4 Å². The van der Waals surface area contributed by atoms with Crippen molar-refractivity contribution in [1.29, 1.82) is 0 Å². The smallest absolute Gasteiger partial charge is 0.269 e. The van der Waals surface area contributed by atoms with E-state index in [2.05, 4.69) is 71.1 Å². The van der Waals surface area contributed by atoms with E-state index in [9.17, 15) is 10.1 Å². The lowest BCUT2D eigenvalue weighted by Gasteiger charge is -2.28. The van der Waals surface area contributed by atoms with Gasteiger partial charge in [-0.2, -0.15) is 0 Å². The van der Waals surface area contributed by atoms with E-state index in [4.69, 9.17) is 21.9 Å². The van der Waals surface area contributed by atoms with Gasteiger partial charge in [-0.3, -0.25) is 15.1 Å². The Morgan fingerprint density at radius 3 is 2.19 bits per heavy atom. The molecular weight excluding hydrogens is 579 g/mol. The minimum atomic E-state index is -0.390. The second kappa shape index (κ2) is 11.9. The standard InChI is InChI=1S/C33H29N5O3S2/c1-21-20-29(22(2)36(21)23-7-13-26(41-3)14-8-23)32-31(30-6-4-5-19-34-30)35-33(42)37(32)24-9-15-27(16-10-24)43-28-17-11-25(12-18-28)38(39)40/h4-20,31-32H,1-3H3,(H,35,42)/t31-,32-/m0/s1. The van der Waals surface area contributed by atoms with Crippen molar-refractivity contribution in [3.63, 3.8) is 0 Å². The van der Waals surface area contributed by atoms with Crippen LogP contribution in [0, 0.1) is 24.0 Å². The predicted molar refractivity (Wildman–Crippen MR) is 173 cm³/mol. The van der Waals surface area contributed by atoms with Crippen LogP contribution in [0.25, 0.3) is 5.69 Å². The number of methoxy groups -OCH3 is 1. The molecule has 1 saturated heterocycles. The van der Waals surface area contributed by atoms with Crippen molar-refractivity contribution >= 4 is 40.5 Å². The summed E-state index contributed by atoms with van der Waals surface area (Å²) < 4.78 is 7.63. The minimum absolute atomic E-state index is 0.0783. The van der Waals surface area contributed by atoms with Crippen molar-refractivity contribution in [3.8, 4) is 11.4 Å². The molecule has 10 heteroatoms. The highest BCUT2D eigenvalue weighted by Crippen LogP contribution is 2.44. The molecular formula is C33H29N5O3S2. The zero-order valence-corrected chi connectivity index (χ0v) is 25.4. The number of aryl methyl sites for hydroxylation is 1. The highest BCUT2D eigenvalue weighted by atomic mass is 32.2. The largest absolute Gasteiger partial charge is 0.497 e. The molecule has 0 unspecified atom stereocenters. The summed E-state index contributed by atoms with van der Waals surface area (Å²) >= 11 is 7.51. The van der Waals surface area contributed by atoms with E-state index in [-0.39, 0.29) is 22.7 Å². The van der Waals surface area contributed by atoms with Crippen LogP contribution in [0.1, 0.15) is 34.7 Å². The summed E-state index contributed by atoms with van der Waals surface area (Å²) in [5.41, 5.74) is 6.40. The highest BCUT2D eigenvalue weighted by Gasteiger charge is 2.42. The second-order valence-electron chi connectivity index (χ2n) is 10.2. The number of ether oxygens (including phenoxy) is 1. The number of rotatable bonds is 8. The van der Waals surface area contributed by atoms with E-state index >= 15 is 0 Å². The zero-order chi connectivity index (χ0) is 30.1. The van der Waals surface area contributed by atoms with Crippen molar-refractivity contribution in [2.75, 3.05) is 12.0 Å². The SMILES string of the molecule is COc1ccc(-n2c(C)cc([C@H]3[C@H](c4ccccn4)NC(=S)N3c3ccc(Sc4ccc([N+](=O)[O-])cc4)cc3)c2C)cc1. The first kappa shape index (κ1) is 28.4. The highest BCUT2D eigenvalue weighted by molar-refractivity contribution is 7.99. The molecule has 2 atom stereocenters. The normalized spacial score (nSPS) is 16.3. The van der Waals surface area contributed by atoms with Crippen molar-refractivity contribution in [1.82, 2.24) is 14.9 Å². The zero-order valence-electron chi connectivity index (χ0n) is 23.8. The maximum atomic E-state index is 11.0. The number of nitrogens with one attached hydrogen (secondary N) is 1. The lowest BCUT2D eigenvalue weighted by molar-refractivity contribution is -0.384. The molecule has 2 aromatic heterocycles. The topological polar surface area (TPSA) is 85.5 Å². The number of aromatic nitrogens is 2. The fourth-order valence-electron chi connectivity index (χ4n) is 5.61. The number of nitro groups is 1. The first-order chi connectivity index (χ1) is 20.8. The lowest BCUT2D eigenvalue weighted by atomic mass is 9.96. The van der Waals surface area contributed by atoms with Gasteiger partial charge >= 0.3 is 0 Å². The second-order valence-corrected chi connectivity index (χ2v) is 11.7. The van der Waals surface area contributed by atoms with Crippen molar-refractivity contribution in [2.45, 2.75) is 35.7 Å². The molecule has 0 spiro atoms. The molecule has 0 bridgehead atoms. The van der Waals surface area contributed by atoms with E-state index < -0.39 is 0 Å². The van der Waals surface area contributed by atoms with E-state index in [0.717, 1.165) is 49.6 Å². The molecule has 0 amide bonds. The Morgan fingerprint density at radius 1 is 0.930 bits per heavy atom. The average molecular weight is 608 g/mol. The molecule has 1 N–H and O–H groups in total. The molecule has 8 nitrogen and oxygen atoms in total. The summed E-state index contributed by atoms with van der Waals surface area (Å²) in [6.07, 6.45) is 1.81. The van der Waals surface area contributed by atoms with Gasteiger partial charge in [-0.1, -0.05) is 17.8 Å². The van der Waals surface area contributed by atoms with Crippen LogP contribution in [0.5, 0.6) is 5.75 Å². The Morgan fingerprint density at radius 2 is 1.58 bits per heavy atom. The first-order valence-electron chi connectivity index (χ1n) is 13.7. The van der Waals surface area contributed by atoms with Crippen LogP contribution in [0.3, 0.4) is 0 Å². The number of anilines is 1. The number of thiocarbonyl (C=S) groups is 1. The number of non-ortho nitro benzene ring substituents is 1. The molecule has 43 heavy (non-hydrogen) atoms. The Bertz CT molecular complexity index is 1770. The summed E-state index contributed by atoms with van der Waals surface area (Å²) in [6, 6.07) is 30.8. The van der Waals surface area contributed by atoms with Gasteiger partial charge in [0.1, 0.15) is 5.75 Å². The van der Waals surface area contributed by atoms with Gasteiger partial charge in [-0.25, -0.2) is 0 Å². The van der Waals surface area contributed by atoms with Gasteiger partial charge in [-0.15, -0.1) is 0 Å². The van der Waals surface area contributed by atoms with Crippen LogP contribution in [-0.4, -0.2) is 26.7 Å². The summed E-state index contributed by atoms with van der Waals surface area (Å²) in [4.78, 5) is 19.4. The summed E-state index contributed by atoms with van der Waals surface area (Å²) in [6.45, 7) is 4.26. The minimum Gasteiger partial charge on any atom is -0.497 e.